The summed E-state index contributed by atoms with van der Waals surface area (Å²) in [5.74, 6) is 0.0998. The van der Waals surface area contributed by atoms with Gasteiger partial charge in [0.15, 0.2) is 5.78 Å². The Morgan fingerprint density at radius 1 is 0.958 bits per heavy atom. The first-order chi connectivity index (χ1) is 11.4. The van der Waals surface area contributed by atoms with Gasteiger partial charge >= 0.3 is 5.97 Å². The van der Waals surface area contributed by atoms with Crippen molar-refractivity contribution in [3.05, 3.63) is 24.3 Å². The molecule has 0 fully saturated rings. The third-order valence-corrected chi connectivity index (χ3v) is 4.22. The van der Waals surface area contributed by atoms with Crippen LogP contribution in [0.1, 0.15) is 85.0 Å². The molecule has 0 heterocycles. The van der Waals surface area contributed by atoms with Crippen molar-refractivity contribution in [2.75, 3.05) is 7.11 Å². The summed E-state index contributed by atoms with van der Waals surface area (Å²) in [5, 5.41) is 0. The van der Waals surface area contributed by atoms with Crippen molar-refractivity contribution >= 4 is 11.8 Å². The molecule has 3 nitrogen and oxygen atoms in total. The summed E-state index contributed by atoms with van der Waals surface area (Å²) in [6.07, 6.45) is 18.0. The van der Waals surface area contributed by atoms with Crippen LogP contribution in [0.5, 0.6) is 0 Å². The van der Waals surface area contributed by atoms with E-state index in [2.05, 4.69) is 13.0 Å². The lowest BCUT2D eigenvalue weighted by Gasteiger charge is -2.20. The molecule has 24 heavy (non-hydrogen) atoms. The number of unbranched alkanes of at least 4 members (excludes halogenated alkanes) is 6. The van der Waals surface area contributed by atoms with E-state index in [0.717, 1.165) is 51.4 Å². The van der Waals surface area contributed by atoms with Crippen LogP contribution in [-0.4, -0.2) is 18.9 Å². The second-order valence-electron chi connectivity index (χ2n) is 7.04. The van der Waals surface area contributed by atoms with Gasteiger partial charge in [-0.2, -0.15) is 0 Å². The van der Waals surface area contributed by atoms with E-state index < -0.39 is 0 Å². The normalized spacial score (nSPS) is 12.2. The zero-order valence-electron chi connectivity index (χ0n) is 16.1. The van der Waals surface area contributed by atoms with Crippen molar-refractivity contribution in [1.29, 1.82) is 0 Å². The second kappa shape index (κ2) is 14.0. The standard InChI is InChI=1S/C21H36O3/c1-5-6-13-16-19(22)17-14-11-9-7-8-10-12-15-18-21(2,3)20(23)24-4/h9,11,14,17H,5-8,10,12-13,15-16,18H2,1-4H3/b11-9+,17-14+. The van der Waals surface area contributed by atoms with Gasteiger partial charge in [-0.3, -0.25) is 9.59 Å². The molecule has 0 amide bonds. The van der Waals surface area contributed by atoms with Crippen molar-refractivity contribution in [2.24, 2.45) is 5.41 Å². The molecule has 3 heteroatoms. The number of ether oxygens (including phenoxy) is 1. The molecule has 0 spiro atoms. The van der Waals surface area contributed by atoms with Gasteiger partial charge in [-0.25, -0.2) is 0 Å². The van der Waals surface area contributed by atoms with Crippen LogP contribution >= 0.6 is 0 Å². The first-order valence-corrected chi connectivity index (χ1v) is 9.38. The number of hydrogen-bond donors (Lipinski definition) is 0. The van der Waals surface area contributed by atoms with E-state index in [1.54, 1.807) is 6.08 Å². The molecule has 0 aromatic rings. The monoisotopic (exact) mass is 336 g/mol. The predicted octanol–water partition coefficient (Wildman–Crippen LogP) is 5.79. The van der Waals surface area contributed by atoms with E-state index >= 15 is 0 Å². The molecule has 0 bridgehead atoms. The van der Waals surface area contributed by atoms with Crippen molar-refractivity contribution in [2.45, 2.75) is 85.0 Å². The van der Waals surface area contributed by atoms with Gasteiger partial charge in [-0.15, -0.1) is 0 Å². The average Bonchev–Trinajstić information content (AvgIpc) is 2.55. The minimum atomic E-state index is -0.372. The molecule has 0 saturated carbocycles. The lowest BCUT2D eigenvalue weighted by molar-refractivity contribution is -0.151. The number of ketones is 1. The van der Waals surface area contributed by atoms with Gasteiger partial charge < -0.3 is 4.74 Å². The zero-order chi connectivity index (χ0) is 18.3. The number of methoxy groups -OCH3 is 1. The fraction of sp³-hybridized carbons (Fsp3) is 0.714. The largest absolute Gasteiger partial charge is 0.469 e. The molecule has 0 saturated heterocycles. The quantitative estimate of drug-likeness (QED) is 0.174. The van der Waals surface area contributed by atoms with Crippen LogP contribution in [-0.2, 0) is 14.3 Å². The Kier molecular flexibility index (Phi) is 13.2. The van der Waals surface area contributed by atoms with Crippen molar-refractivity contribution < 1.29 is 14.3 Å². The van der Waals surface area contributed by atoms with E-state index in [1.807, 2.05) is 26.0 Å². The highest BCUT2D eigenvalue weighted by Crippen LogP contribution is 2.25. The van der Waals surface area contributed by atoms with E-state index in [4.69, 9.17) is 4.74 Å². The van der Waals surface area contributed by atoms with Crippen LogP contribution in [0.4, 0.5) is 0 Å². The molecule has 0 atom stereocenters. The van der Waals surface area contributed by atoms with Crippen LogP contribution in [0.15, 0.2) is 24.3 Å². The van der Waals surface area contributed by atoms with Gasteiger partial charge in [0.1, 0.15) is 0 Å². The average molecular weight is 337 g/mol. The predicted molar refractivity (Wildman–Crippen MR) is 101 cm³/mol. The lowest BCUT2D eigenvalue weighted by Crippen LogP contribution is -2.25. The molecule has 0 unspecified atom stereocenters. The van der Waals surface area contributed by atoms with Gasteiger partial charge in [0.2, 0.25) is 0 Å². The second-order valence-corrected chi connectivity index (χ2v) is 7.04. The zero-order valence-corrected chi connectivity index (χ0v) is 16.1. The molecule has 0 N–H and O–H groups in total. The molecule has 0 rings (SSSR count). The summed E-state index contributed by atoms with van der Waals surface area (Å²) in [4.78, 5) is 23.1. The highest BCUT2D eigenvalue weighted by Gasteiger charge is 2.27. The minimum Gasteiger partial charge on any atom is -0.469 e. The molecule has 0 aliphatic rings. The smallest absolute Gasteiger partial charge is 0.311 e. The van der Waals surface area contributed by atoms with E-state index in [-0.39, 0.29) is 17.2 Å². The van der Waals surface area contributed by atoms with Crippen LogP contribution in [0.3, 0.4) is 0 Å². The van der Waals surface area contributed by atoms with Gasteiger partial charge in [0.25, 0.3) is 0 Å². The van der Waals surface area contributed by atoms with Crippen LogP contribution in [0.2, 0.25) is 0 Å². The Balaban J connectivity index is 3.62. The highest BCUT2D eigenvalue weighted by molar-refractivity contribution is 5.89. The van der Waals surface area contributed by atoms with Gasteiger partial charge in [0, 0.05) is 6.42 Å². The van der Waals surface area contributed by atoms with Gasteiger partial charge in [-0.05, 0) is 45.6 Å². The summed E-state index contributed by atoms with van der Waals surface area (Å²) < 4.78 is 4.81. The third kappa shape index (κ3) is 12.1. The first kappa shape index (κ1) is 22.6. The molecule has 0 aromatic carbocycles. The summed E-state index contributed by atoms with van der Waals surface area (Å²) >= 11 is 0. The lowest BCUT2D eigenvalue weighted by atomic mass is 9.87. The van der Waals surface area contributed by atoms with Gasteiger partial charge in [-0.1, -0.05) is 57.3 Å². The molecule has 0 aliphatic carbocycles. The molecular weight excluding hydrogens is 300 g/mol. The summed E-state index contributed by atoms with van der Waals surface area (Å²) in [7, 11) is 1.45. The van der Waals surface area contributed by atoms with Crippen molar-refractivity contribution in [3.8, 4) is 0 Å². The molecule has 138 valence electrons. The van der Waals surface area contributed by atoms with E-state index in [0.29, 0.717) is 6.42 Å². The Labute approximate surface area is 148 Å². The summed E-state index contributed by atoms with van der Waals surface area (Å²) in [6.45, 7) is 6.03. The number of carbonyl (C=O) groups is 2. The fourth-order valence-corrected chi connectivity index (χ4v) is 2.53. The van der Waals surface area contributed by atoms with Crippen molar-refractivity contribution in [1.82, 2.24) is 0 Å². The minimum absolute atomic E-state index is 0.124. The summed E-state index contributed by atoms with van der Waals surface area (Å²) in [5.41, 5.74) is -0.372. The van der Waals surface area contributed by atoms with Crippen LogP contribution in [0.25, 0.3) is 0 Å². The number of rotatable bonds is 14. The Bertz CT molecular complexity index is 405. The fourth-order valence-electron chi connectivity index (χ4n) is 2.53. The number of allylic oxidation sites excluding steroid dienone is 4. The maximum absolute atomic E-state index is 11.6. The molecule has 0 aliphatic heterocycles. The Morgan fingerprint density at radius 3 is 2.33 bits per heavy atom. The van der Waals surface area contributed by atoms with Crippen molar-refractivity contribution in [3.63, 3.8) is 0 Å². The van der Waals surface area contributed by atoms with Crippen LogP contribution < -0.4 is 0 Å². The highest BCUT2D eigenvalue weighted by atomic mass is 16.5. The Hall–Kier alpha value is -1.38. The van der Waals surface area contributed by atoms with Gasteiger partial charge in [0.05, 0.1) is 12.5 Å². The van der Waals surface area contributed by atoms with E-state index in [1.165, 1.54) is 13.5 Å². The maximum atomic E-state index is 11.6. The number of hydrogen-bond acceptors (Lipinski definition) is 3. The topological polar surface area (TPSA) is 43.4 Å². The summed E-state index contributed by atoms with van der Waals surface area (Å²) in [6, 6.07) is 0. The molecule has 0 aromatic heterocycles. The molecular formula is C21H36O3. The Morgan fingerprint density at radius 2 is 1.67 bits per heavy atom. The number of carbonyl (C=O) groups excluding carboxylic acids is 2. The maximum Gasteiger partial charge on any atom is 0.311 e. The van der Waals surface area contributed by atoms with E-state index in [9.17, 15) is 9.59 Å². The SMILES string of the molecule is CCCCCC(=O)/C=C/C=C/CCCCCCC(C)(C)C(=O)OC. The third-order valence-electron chi connectivity index (χ3n) is 4.22. The molecule has 0 radical (unpaired) electrons. The number of esters is 1. The van der Waals surface area contributed by atoms with Crippen LogP contribution in [0, 0.1) is 5.41 Å². The first-order valence-electron chi connectivity index (χ1n) is 9.38.